The number of aromatic nitrogens is 1. The second-order valence-corrected chi connectivity index (χ2v) is 10.4. The van der Waals surface area contributed by atoms with Gasteiger partial charge in [-0.05, 0) is 73.5 Å². The zero-order valence-corrected chi connectivity index (χ0v) is 23.0. The molecule has 0 unspecified atom stereocenters. The Morgan fingerprint density at radius 3 is 2.12 bits per heavy atom. The fourth-order valence-electron chi connectivity index (χ4n) is 5.28. The molecule has 5 rings (SSSR count). The Balaban J connectivity index is 1.32. The normalized spacial score (nSPS) is 14.4. The van der Waals surface area contributed by atoms with E-state index >= 15 is 0 Å². The zero-order chi connectivity index (χ0) is 27.9. The number of hydrogen-bond donors (Lipinski definition) is 1. The van der Waals surface area contributed by atoms with Crippen LogP contribution in [0.15, 0.2) is 104 Å². The molecular formula is C34H36N4O2. The van der Waals surface area contributed by atoms with Crippen molar-refractivity contribution < 1.29 is 9.90 Å². The zero-order valence-electron chi connectivity index (χ0n) is 23.0. The maximum atomic E-state index is 11.6. The van der Waals surface area contributed by atoms with E-state index in [1.807, 2.05) is 18.2 Å². The van der Waals surface area contributed by atoms with E-state index in [2.05, 4.69) is 93.9 Å². The molecule has 0 spiro atoms. The molecule has 0 aliphatic carbocycles. The summed E-state index contributed by atoms with van der Waals surface area (Å²) in [5.74, 6) is -0.986. The molecule has 40 heavy (non-hydrogen) atoms. The minimum Gasteiger partial charge on any atom is -0.478 e. The number of anilines is 2. The molecule has 1 saturated heterocycles. The Bertz CT molecular complexity index is 1450. The van der Waals surface area contributed by atoms with Crippen molar-refractivity contribution in [3.05, 3.63) is 132 Å². The van der Waals surface area contributed by atoms with Gasteiger partial charge in [0.15, 0.2) is 0 Å². The summed E-state index contributed by atoms with van der Waals surface area (Å²) in [5, 5.41) is 9.49. The molecule has 0 radical (unpaired) electrons. The number of carboxylic acid groups (broad SMARTS) is 1. The highest BCUT2D eigenvalue weighted by Gasteiger charge is 2.20. The van der Waals surface area contributed by atoms with Crippen LogP contribution in [-0.2, 0) is 13.1 Å². The number of aromatic carboxylic acids is 1. The maximum absolute atomic E-state index is 11.6. The summed E-state index contributed by atoms with van der Waals surface area (Å²) in [6, 6.07) is 30.5. The van der Waals surface area contributed by atoms with Gasteiger partial charge in [-0.2, -0.15) is 0 Å². The van der Waals surface area contributed by atoms with Crippen LogP contribution in [0.3, 0.4) is 0 Å². The number of hydrogen-bond acceptors (Lipinski definition) is 5. The lowest BCUT2D eigenvalue weighted by molar-refractivity contribution is 0.0696. The first-order valence-corrected chi connectivity index (χ1v) is 13.8. The molecule has 1 aromatic heterocycles. The molecule has 3 aromatic carbocycles. The summed E-state index contributed by atoms with van der Waals surface area (Å²) in [7, 11) is 0. The maximum Gasteiger partial charge on any atom is 0.335 e. The number of carbonyl (C=O) groups is 1. The molecule has 1 fully saturated rings. The number of aryl methyl sites for hydroxylation is 1. The number of benzene rings is 3. The van der Waals surface area contributed by atoms with Gasteiger partial charge in [-0.15, -0.1) is 0 Å². The predicted molar refractivity (Wildman–Crippen MR) is 162 cm³/mol. The summed E-state index contributed by atoms with van der Waals surface area (Å²) in [5.41, 5.74) is 6.99. The van der Waals surface area contributed by atoms with Crippen LogP contribution in [0.25, 0.3) is 5.70 Å². The molecular weight excluding hydrogens is 496 g/mol. The lowest BCUT2D eigenvalue weighted by Crippen LogP contribution is -2.30. The van der Waals surface area contributed by atoms with Gasteiger partial charge in [-0.3, -0.25) is 14.8 Å². The second-order valence-electron chi connectivity index (χ2n) is 10.4. The summed E-state index contributed by atoms with van der Waals surface area (Å²) >= 11 is 0. The first-order chi connectivity index (χ1) is 19.5. The van der Waals surface area contributed by atoms with E-state index < -0.39 is 5.97 Å². The van der Waals surface area contributed by atoms with Gasteiger partial charge < -0.3 is 10.0 Å². The highest BCUT2D eigenvalue weighted by Crippen LogP contribution is 2.35. The molecule has 2 heterocycles. The van der Waals surface area contributed by atoms with Gasteiger partial charge in [0, 0.05) is 43.8 Å². The minimum absolute atomic E-state index is 0.186. The Kier molecular flexibility index (Phi) is 8.69. The largest absolute Gasteiger partial charge is 0.478 e. The Morgan fingerprint density at radius 1 is 0.850 bits per heavy atom. The van der Waals surface area contributed by atoms with Gasteiger partial charge in [0.2, 0.25) is 0 Å². The van der Waals surface area contributed by atoms with E-state index in [1.54, 1.807) is 6.07 Å². The van der Waals surface area contributed by atoms with Gasteiger partial charge >= 0.3 is 5.97 Å². The first kappa shape index (κ1) is 27.3. The molecule has 0 atom stereocenters. The van der Waals surface area contributed by atoms with Gasteiger partial charge in [0.1, 0.15) is 0 Å². The van der Waals surface area contributed by atoms with Crippen molar-refractivity contribution in [3.8, 4) is 0 Å². The van der Waals surface area contributed by atoms with Crippen LogP contribution in [0.5, 0.6) is 0 Å². The Hall–Kier alpha value is -4.26. The topological polar surface area (TPSA) is 59.9 Å². The van der Waals surface area contributed by atoms with Crippen molar-refractivity contribution in [1.29, 1.82) is 0 Å². The number of nitrogens with zero attached hydrogens (tertiary/aromatic N) is 4. The van der Waals surface area contributed by atoms with Crippen molar-refractivity contribution in [1.82, 2.24) is 14.8 Å². The lowest BCUT2D eigenvalue weighted by atomic mass is 10.1. The average Bonchev–Trinajstić information content (AvgIpc) is 3.20. The van der Waals surface area contributed by atoms with E-state index in [-0.39, 0.29) is 5.56 Å². The fraction of sp³-hybridized carbons (Fsp3) is 0.235. The monoisotopic (exact) mass is 532 g/mol. The number of rotatable bonds is 9. The predicted octanol–water partition coefficient (Wildman–Crippen LogP) is 6.61. The van der Waals surface area contributed by atoms with Crippen LogP contribution in [0.1, 0.15) is 39.2 Å². The molecule has 1 aliphatic heterocycles. The van der Waals surface area contributed by atoms with Crippen LogP contribution in [-0.4, -0.2) is 52.0 Å². The van der Waals surface area contributed by atoms with Gasteiger partial charge in [-0.25, -0.2) is 4.79 Å². The van der Waals surface area contributed by atoms with E-state index in [0.717, 1.165) is 62.6 Å². The summed E-state index contributed by atoms with van der Waals surface area (Å²) in [4.78, 5) is 23.2. The smallest absolute Gasteiger partial charge is 0.335 e. The van der Waals surface area contributed by atoms with Gasteiger partial charge in [0.25, 0.3) is 0 Å². The summed E-state index contributed by atoms with van der Waals surface area (Å²) in [6.45, 7) is 12.6. The third-order valence-corrected chi connectivity index (χ3v) is 7.46. The van der Waals surface area contributed by atoms with E-state index in [1.165, 1.54) is 23.4 Å². The molecule has 1 aliphatic rings. The first-order valence-electron chi connectivity index (χ1n) is 13.8. The van der Waals surface area contributed by atoms with Crippen molar-refractivity contribution >= 4 is 23.0 Å². The van der Waals surface area contributed by atoms with Crippen LogP contribution in [0, 0.1) is 6.92 Å². The van der Waals surface area contributed by atoms with Crippen molar-refractivity contribution in [2.45, 2.75) is 26.4 Å². The SMILES string of the molecule is C=C(c1cc(C(=O)O)ccn1)N(c1ccc(CN2CCCN(Cc3ccccc3)CC2)cc1)c1ccccc1C. The number of carboxylic acids is 1. The van der Waals surface area contributed by atoms with Crippen LogP contribution >= 0.6 is 0 Å². The molecule has 204 valence electrons. The molecule has 6 heteroatoms. The third-order valence-electron chi connectivity index (χ3n) is 7.46. The van der Waals surface area contributed by atoms with E-state index in [4.69, 9.17) is 0 Å². The molecule has 0 saturated carbocycles. The highest BCUT2D eigenvalue weighted by molar-refractivity contribution is 5.91. The molecule has 1 N–H and O–H groups in total. The Morgan fingerprint density at radius 2 is 1.48 bits per heavy atom. The molecule has 4 aromatic rings. The van der Waals surface area contributed by atoms with Gasteiger partial charge in [0.05, 0.1) is 17.0 Å². The molecule has 0 bridgehead atoms. The van der Waals surface area contributed by atoms with Crippen molar-refractivity contribution in [2.75, 3.05) is 31.1 Å². The van der Waals surface area contributed by atoms with Crippen LogP contribution in [0.4, 0.5) is 11.4 Å². The second kappa shape index (κ2) is 12.7. The fourth-order valence-corrected chi connectivity index (χ4v) is 5.28. The number of pyridine rings is 1. The molecule has 6 nitrogen and oxygen atoms in total. The van der Waals surface area contributed by atoms with Crippen molar-refractivity contribution in [3.63, 3.8) is 0 Å². The third kappa shape index (κ3) is 6.65. The lowest BCUT2D eigenvalue weighted by Gasteiger charge is -2.29. The average molecular weight is 533 g/mol. The van der Waals surface area contributed by atoms with Gasteiger partial charge in [-0.1, -0.05) is 67.2 Å². The van der Waals surface area contributed by atoms with E-state index in [0.29, 0.717) is 11.4 Å². The molecule has 0 amide bonds. The standard InChI is InChI=1S/C34H36N4O2/c1-26-9-6-7-12-33(26)38(27(2)32-23-30(34(39)40)17-18-35-32)31-15-13-29(14-16-31)25-37-20-8-19-36(21-22-37)24-28-10-4-3-5-11-28/h3-7,9-18,23H,2,8,19-22,24-25H2,1H3,(H,39,40). The van der Waals surface area contributed by atoms with Crippen LogP contribution < -0.4 is 4.90 Å². The van der Waals surface area contributed by atoms with Crippen LogP contribution in [0.2, 0.25) is 0 Å². The van der Waals surface area contributed by atoms with Crippen molar-refractivity contribution in [2.24, 2.45) is 0 Å². The minimum atomic E-state index is -0.986. The summed E-state index contributed by atoms with van der Waals surface area (Å²) in [6.07, 6.45) is 2.68. The Labute approximate surface area is 236 Å². The van der Waals surface area contributed by atoms with E-state index in [9.17, 15) is 9.90 Å². The number of para-hydroxylation sites is 1. The highest BCUT2D eigenvalue weighted by atomic mass is 16.4. The summed E-state index contributed by atoms with van der Waals surface area (Å²) < 4.78 is 0. The quantitative estimate of drug-likeness (QED) is 0.262.